The SMILES string of the molecule is CC(C)CC(F)(F)CS(N)(=O)=O. The Balaban J connectivity index is 4.23. The minimum absolute atomic E-state index is 0.248. The summed E-state index contributed by atoms with van der Waals surface area (Å²) in [5, 5.41) is 4.49. The molecule has 0 heterocycles. The van der Waals surface area contributed by atoms with Gasteiger partial charge in [0.2, 0.25) is 10.0 Å². The van der Waals surface area contributed by atoms with Gasteiger partial charge in [-0.05, 0) is 5.92 Å². The quantitative estimate of drug-likeness (QED) is 0.736. The van der Waals surface area contributed by atoms with Crippen molar-refractivity contribution in [1.82, 2.24) is 0 Å². The van der Waals surface area contributed by atoms with Crippen LogP contribution < -0.4 is 5.14 Å². The second-order valence-electron chi connectivity index (χ2n) is 3.26. The molecule has 0 bridgehead atoms. The van der Waals surface area contributed by atoms with Gasteiger partial charge in [0.1, 0.15) is 5.75 Å². The highest BCUT2D eigenvalue weighted by Gasteiger charge is 2.34. The van der Waals surface area contributed by atoms with Gasteiger partial charge in [0.15, 0.2) is 0 Å². The van der Waals surface area contributed by atoms with E-state index >= 15 is 0 Å². The van der Waals surface area contributed by atoms with E-state index in [9.17, 15) is 17.2 Å². The summed E-state index contributed by atoms with van der Waals surface area (Å²) < 4.78 is 46.1. The molecule has 0 aromatic rings. The van der Waals surface area contributed by atoms with Crippen LogP contribution >= 0.6 is 0 Å². The molecule has 0 rings (SSSR count). The lowest BCUT2D eigenvalue weighted by atomic mass is 10.1. The minimum Gasteiger partial charge on any atom is -0.229 e. The highest BCUT2D eigenvalue weighted by molar-refractivity contribution is 7.89. The summed E-state index contributed by atoms with van der Waals surface area (Å²) in [6, 6.07) is 0. The van der Waals surface area contributed by atoms with Gasteiger partial charge in [-0.15, -0.1) is 0 Å². The lowest BCUT2D eigenvalue weighted by molar-refractivity contribution is 0.00458. The third-order valence-electron chi connectivity index (χ3n) is 1.12. The zero-order valence-electron chi connectivity index (χ0n) is 7.05. The van der Waals surface area contributed by atoms with Crippen molar-refractivity contribution in [2.45, 2.75) is 26.2 Å². The van der Waals surface area contributed by atoms with Crippen LogP contribution in [0.15, 0.2) is 0 Å². The van der Waals surface area contributed by atoms with Crippen LogP contribution in [0.5, 0.6) is 0 Å². The molecule has 2 N–H and O–H groups in total. The molecule has 0 unspecified atom stereocenters. The van der Waals surface area contributed by atoms with Crippen LogP contribution in [0.4, 0.5) is 8.78 Å². The fourth-order valence-electron chi connectivity index (χ4n) is 0.951. The smallest absolute Gasteiger partial charge is 0.229 e. The first kappa shape index (κ1) is 11.8. The third-order valence-corrected chi connectivity index (χ3v) is 1.94. The Morgan fingerprint density at radius 1 is 1.42 bits per heavy atom. The lowest BCUT2D eigenvalue weighted by Crippen LogP contribution is -2.33. The molecule has 0 fully saturated rings. The molecule has 0 aromatic heterocycles. The average Bonchev–Trinajstić information content (AvgIpc) is 1.48. The van der Waals surface area contributed by atoms with E-state index in [1.807, 2.05) is 0 Å². The van der Waals surface area contributed by atoms with E-state index < -0.39 is 28.1 Å². The maximum absolute atomic E-state index is 12.7. The van der Waals surface area contributed by atoms with E-state index in [-0.39, 0.29) is 5.92 Å². The average molecular weight is 201 g/mol. The minimum atomic E-state index is -4.08. The number of sulfonamides is 1. The van der Waals surface area contributed by atoms with Crippen molar-refractivity contribution >= 4 is 10.0 Å². The number of hydrogen-bond donors (Lipinski definition) is 1. The molecule has 74 valence electrons. The van der Waals surface area contributed by atoms with Gasteiger partial charge in [-0.1, -0.05) is 13.8 Å². The molecule has 0 spiro atoms. The van der Waals surface area contributed by atoms with Gasteiger partial charge in [0, 0.05) is 6.42 Å². The predicted octanol–water partition coefficient (Wildman–Crippen LogP) is 0.956. The molecule has 0 radical (unpaired) electrons. The predicted molar refractivity (Wildman–Crippen MR) is 42.4 cm³/mol. The number of rotatable bonds is 4. The first-order valence-electron chi connectivity index (χ1n) is 3.51. The number of hydrogen-bond acceptors (Lipinski definition) is 2. The maximum atomic E-state index is 12.7. The molecule has 0 aliphatic carbocycles. The van der Waals surface area contributed by atoms with Crippen molar-refractivity contribution in [3.63, 3.8) is 0 Å². The number of halogens is 2. The lowest BCUT2D eigenvalue weighted by Gasteiger charge is -2.16. The Kier molecular flexibility index (Phi) is 3.59. The summed E-state index contributed by atoms with van der Waals surface area (Å²) in [6.07, 6.45) is -0.455. The largest absolute Gasteiger partial charge is 0.263 e. The van der Waals surface area contributed by atoms with Crippen molar-refractivity contribution in [2.24, 2.45) is 11.1 Å². The molecule has 0 saturated heterocycles. The van der Waals surface area contributed by atoms with Gasteiger partial charge < -0.3 is 0 Å². The molecular formula is C6H13F2NO2S. The molecule has 0 aliphatic rings. The zero-order valence-corrected chi connectivity index (χ0v) is 7.87. The fourth-order valence-corrected chi connectivity index (χ4v) is 1.66. The van der Waals surface area contributed by atoms with Crippen molar-refractivity contribution in [1.29, 1.82) is 0 Å². The Morgan fingerprint density at radius 3 is 2.08 bits per heavy atom. The molecule has 0 saturated carbocycles. The first-order valence-corrected chi connectivity index (χ1v) is 5.22. The summed E-state index contributed by atoms with van der Waals surface area (Å²) in [5.74, 6) is -4.72. The van der Waals surface area contributed by atoms with Crippen molar-refractivity contribution in [3.05, 3.63) is 0 Å². The number of alkyl halides is 2. The van der Waals surface area contributed by atoms with E-state index in [4.69, 9.17) is 0 Å². The van der Waals surface area contributed by atoms with Gasteiger partial charge in [0.25, 0.3) is 5.92 Å². The molecular weight excluding hydrogens is 188 g/mol. The summed E-state index contributed by atoms with van der Waals surface area (Å²) in [6.45, 7) is 3.19. The topological polar surface area (TPSA) is 60.2 Å². The van der Waals surface area contributed by atoms with E-state index in [2.05, 4.69) is 5.14 Å². The third kappa shape index (κ3) is 6.48. The molecule has 0 amide bonds. The first-order chi connectivity index (χ1) is 5.12. The summed E-state index contributed by atoms with van der Waals surface area (Å²) in [7, 11) is -4.08. The summed E-state index contributed by atoms with van der Waals surface area (Å²) in [4.78, 5) is 0. The summed E-state index contributed by atoms with van der Waals surface area (Å²) >= 11 is 0. The van der Waals surface area contributed by atoms with Gasteiger partial charge in [0.05, 0.1) is 0 Å². The standard InChI is InChI=1S/C6H13F2NO2S/c1-5(2)3-6(7,8)4-12(9,10)11/h5H,3-4H2,1-2H3,(H2,9,10,11). The molecule has 0 aromatic carbocycles. The van der Waals surface area contributed by atoms with Crippen molar-refractivity contribution in [2.75, 3.05) is 5.75 Å². The highest BCUT2D eigenvalue weighted by atomic mass is 32.2. The van der Waals surface area contributed by atoms with Crippen LogP contribution in [-0.2, 0) is 10.0 Å². The zero-order chi connectivity index (χ0) is 9.99. The second-order valence-corrected chi connectivity index (χ2v) is 4.88. The number of nitrogens with two attached hydrogens (primary N) is 1. The normalized spacial score (nSPS) is 13.8. The monoisotopic (exact) mass is 201 g/mol. The Morgan fingerprint density at radius 2 is 1.83 bits per heavy atom. The van der Waals surface area contributed by atoms with E-state index in [1.165, 1.54) is 0 Å². The van der Waals surface area contributed by atoms with Crippen LogP contribution in [0.2, 0.25) is 0 Å². The Hall–Kier alpha value is -0.230. The van der Waals surface area contributed by atoms with E-state index in [0.717, 1.165) is 0 Å². The Labute approximate surface area is 71.0 Å². The van der Waals surface area contributed by atoms with Gasteiger partial charge in [-0.25, -0.2) is 22.3 Å². The Bertz CT molecular complexity index is 236. The highest BCUT2D eigenvalue weighted by Crippen LogP contribution is 2.24. The molecule has 6 heteroatoms. The van der Waals surface area contributed by atoms with E-state index in [1.54, 1.807) is 13.8 Å². The van der Waals surface area contributed by atoms with Crippen LogP contribution in [0.25, 0.3) is 0 Å². The van der Waals surface area contributed by atoms with Gasteiger partial charge >= 0.3 is 0 Å². The molecule has 3 nitrogen and oxygen atoms in total. The van der Waals surface area contributed by atoms with Crippen molar-refractivity contribution < 1.29 is 17.2 Å². The fraction of sp³-hybridized carbons (Fsp3) is 1.00. The maximum Gasteiger partial charge on any atom is 0.263 e. The van der Waals surface area contributed by atoms with Crippen LogP contribution in [0, 0.1) is 5.92 Å². The van der Waals surface area contributed by atoms with Crippen LogP contribution in [0.3, 0.4) is 0 Å². The molecule has 0 atom stereocenters. The second kappa shape index (κ2) is 3.66. The van der Waals surface area contributed by atoms with Crippen molar-refractivity contribution in [3.8, 4) is 0 Å². The number of primary sulfonamides is 1. The van der Waals surface area contributed by atoms with Crippen LogP contribution in [-0.4, -0.2) is 20.1 Å². The van der Waals surface area contributed by atoms with Gasteiger partial charge in [-0.2, -0.15) is 0 Å². The van der Waals surface area contributed by atoms with E-state index in [0.29, 0.717) is 0 Å². The molecule has 12 heavy (non-hydrogen) atoms. The molecule has 0 aliphatic heterocycles. The van der Waals surface area contributed by atoms with Crippen LogP contribution in [0.1, 0.15) is 20.3 Å². The van der Waals surface area contributed by atoms with Gasteiger partial charge in [-0.3, -0.25) is 0 Å². The summed E-state index contributed by atoms with van der Waals surface area (Å²) in [5.41, 5.74) is 0.